The summed E-state index contributed by atoms with van der Waals surface area (Å²) in [5.41, 5.74) is 1.39. The van der Waals surface area contributed by atoms with Crippen molar-refractivity contribution in [3.05, 3.63) is 66.5 Å². The number of pyridine rings is 1. The molecule has 0 radical (unpaired) electrons. The summed E-state index contributed by atoms with van der Waals surface area (Å²) in [6, 6.07) is 17.3. The predicted molar refractivity (Wildman–Crippen MR) is 61.5 cm³/mol. The Labute approximate surface area is 91.0 Å². The summed E-state index contributed by atoms with van der Waals surface area (Å²) < 4.78 is 2.24. The normalized spacial score (nSPS) is 12.3. The number of hydrogen-bond donors (Lipinski definition) is 0. The van der Waals surface area contributed by atoms with Crippen molar-refractivity contribution in [2.45, 2.75) is 19.4 Å². The lowest BCUT2D eigenvalue weighted by atomic mass is 10.1. The van der Waals surface area contributed by atoms with Crippen LogP contribution < -0.4 is 4.57 Å². The molecule has 0 N–H and O–H groups in total. The minimum atomic E-state index is 0.508. The summed E-state index contributed by atoms with van der Waals surface area (Å²) in [5.74, 6) is 0. The van der Waals surface area contributed by atoms with E-state index in [2.05, 4.69) is 66.3 Å². The fourth-order valence-electron chi connectivity index (χ4n) is 1.77. The maximum atomic E-state index is 2.24. The summed E-state index contributed by atoms with van der Waals surface area (Å²) in [7, 11) is 0. The molecule has 0 amide bonds. The van der Waals surface area contributed by atoms with Crippen molar-refractivity contribution in [2.24, 2.45) is 0 Å². The molecule has 0 aliphatic rings. The lowest BCUT2D eigenvalue weighted by molar-refractivity contribution is -0.719. The largest absolute Gasteiger partial charge is 0.202 e. The first kappa shape index (κ1) is 9.91. The molecule has 1 nitrogen and oxygen atoms in total. The Morgan fingerprint density at radius 2 is 1.53 bits per heavy atom. The second-order valence-electron chi connectivity index (χ2n) is 3.86. The zero-order valence-electron chi connectivity index (χ0n) is 9.01. The number of nitrogens with zero attached hydrogens (tertiary/aromatic N) is 1. The van der Waals surface area contributed by atoms with Crippen molar-refractivity contribution >= 4 is 0 Å². The topological polar surface area (TPSA) is 3.88 Å². The lowest BCUT2D eigenvalue weighted by Gasteiger charge is -2.06. The van der Waals surface area contributed by atoms with E-state index in [1.54, 1.807) is 0 Å². The van der Waals surface area contributed by atoms with E-state index in [0.29, 0.717) is 6.04 Å². The van der Waals surface area contributed by atoms with Gasteiger partial charge in [-0.1, -0.05) is 36.4 Å². The smallest absolute Gasteiger partial charge is 0.169 e. The first-order valence-corrected chi connectivity index (χ1v) is 5.36. The molecule has 76 valence electrons. The first-order chi connectivity index (χ1) is 7.36. The van der Waals surface area contributed by atoms with Crippen LogP contribution in [0.3, 0.4) is 0 Å². The Morgan fingerprint density at radius 3 is 2.20 bits per heavy atom. The second kappa shape index (κ2) is 4.74. The van der Waals surface area contributed by atoms with E-state index in [-0.39, 0.29) is 0 Å². The number of rotatable bonds is 3. The van der Waals surface area contributed by atoms with Crippen LogP contribution in [0.15, 0.2) is 60.9 Å². The van der Waals surface area contributed by atoms with Crippen LogP contribution in [0, 0.1) is 0 Å². The van der Waals surface area contributed by atoms with Crippen LogP contribution in [0.4, 0.5) is 0 Å². The Bertz CT molecular complexity index is 394. The molecule has 2 aromatic rings. The third-order valence-electron chi connectivity index (χ3n) is 2.62. The maximum absolute atomic E-state index is 2.24. The zero-order chi connectivity index (χ0) is 10.5. The Kier molecular flexibility index (Phi) is 3.13. The van der Waals surface area contributed by atoms with Crippen LogP contribution >= 0.6 is 0 Å². The summed E-state index contributed by atoms with van der Waals surface area (Å²) >= 11 is 0. The van der Waals surface area contributed by atoms with E-state index in [4.69, 9.17) is 0 Å². The van der Waals surface area contributed by atoms with Gasteiger partial charge < -0.3 is 0 Å². The molecule has 0 aliphatic heterocycles. The lowest BCUT2D eigenvalue weighted by Crippen LogP contribution is -2.37. The van der Waals surface area contributed by atoms with Gasteiger partial charge >= 0.3 is 0 Å². The number of aromatic nitrogens is 1. The molecular formula is C14H16N+. The molecule has 15 heavy (non-hydrogen) atoms. The van der Waals surface area contributed by atoms with Gasteiger partial charge in [0, 0.05) is 18.6 Å². The van der Waals surface area contributed by atoms with Crippen molar-refractivity contribution < 1.29 is 4.57 Å². The average molecular weight is 198 g/mol. The molecule has 0 saturated carbocycles. The van der Waals surface area contributed by atoms with Crippen molar-refractivity contribution in [2.75, 3.05) is 0 Å². The predicted octanol–water partition coefficient (Wildman–Crippen LogP) is 2.78. The van der Waals surface area contributed by atoms with Crippen LogP contribution in [0.5, 0.6) is 0 Å². The molecule has 0 fully saturated rings. The minimum absolute atomic E-state index is 0.508. The third-order valence-corrected chi connectivity index (χ3v) is 2.62. The molecule has 0 saturated heterocycles. The number of benzene rings is 1. The summed E-state index contributed by atoms with van der Waals surface area (Å²) in [6.45, 7) is 2.24. The van der Waals surface area contributed by atoms with Gasteiger partial charge in [0.15, 0.2) is 18.4 Å². The van der Waals surface area contributed by atoms with E-state index in [9.17, 15) is 0 Å². The van der Waals surface area contributed by atoms with Gasteiger partial charge in [-0.2, -0.15) is 0 Å². The van der Waals surface area contributed by atoms with Crippen LogP contribution in [-0.4, -0.2) is 0 Å². The van der Waals surface area contributed by atoms with Gasteiger partial charge in [-0.05, 0) is 12.5 Å². The summed E-state index contributed by atoms with van der Waals surface area (Å²) in [4.78, 5) is 0. The van der Waals surface area contributed by atoms with Crippen molar-refractivity contribution in [1.29, 1.82) is 0 Å². The molecule has 1 heteroatoms. The molecule has 1 aromatic carbocycles. The van der Waals surface area contributed by atoms with Crippen molar-refractivity contribution in [3.8, 4) is 0 Å². The maximum Gasteiger partial charge on any atom is 0.169 e. The van der Waals surface area contributed by atoms with Crippen LogP contribution in [0.25, 0.3) is 0 Å². The Balaban J connectivity index is 2.08. The van der Waals surface area contributed by atoms with Gasteiger partial charge in [-0.15, -0.1) is 0 Å². The van der Waals surface area contributed by atoms with Crippen molar-refractivity contribution in [1.82, 2.24) is 0 Å². The van der Waals surface area contributed by atoms with E-state index < -0.39 is 0 Å². The Morgan fingerprint density at radius 1 is 0.933 bits per heavy atom. The number of hydrogen-bond acceptors (Lipinski definition) is 0. The van der Waals surface area contributed by atoms with Gasteiger partial charge in [0.1, 0.15) is 0 Å². The minimum Gasteiger partial charge on any atom is -0.202 e. The van der Waals surface area contributed by atoms with E-state index in [0.717, 1.165) is 6.42 Å². The Hall–Kier alpha value is -1.63. The zero-order valence-corrected chi connectivity index (χ0v) is 9.01. The van der Waals surface area contributed by atoms with E-state index >= 15 is 0 Å². The first-order valence-electron chi connectivity index (χ1n) is 5.36. The van der Waals surface area contributed by atoms with E-state index in [1.807, 2.05) is 6.07 Å². The standard InChI is InChI=1S/C14H16N/c1-13(15-10-6-3-7-11-15)12-14-8-4-2-5-9-14/h2-11,13H,12H2,1H3/q+1. The molecular weight excluding hydrogens is 182 g/mol. The average Bonchev–Trinajstić information content (AvgIpc) is 2.31. The molecule has 0 aliphatic carbocycles. The van der Waals surface area contributed by atoms with Crippen LogP contribution in [0.2, 0.25) is 0 Å². The molecule has 0 bridgehead atoms. The van der Waals surface area contributed by atoms with Crippen LogP contribution in [-0.2, 0) is 6.42 Å². The van der Waals surface area contributed by atoms with Gasteiger partial charge in [-0.25, -0.2) is 4.57 Å². The third kappa shape index (κ3) is 2.66. The highest BCUT2D eigenvalue weighted by atomic mass is 15.0. The second-order valence-corrected chi connectivity index (χ2v) is 3.86. The fourth-order valence-corrected chi connectivity index (χ4v) is 1.77. The highest BCUT2D eigenvalue weighted by Crippen LogP contribution is 2.07. The molecule has 0 spiro atoms. The van der Waals surface area contributed by atoms with E-state index in [1.165, 1.54) is 5.56 Å². The molecule has 1 atom stereocenters. The van der Waals surface area contributed by atoms with Crippen LogP contribution in [0.1, 0.15) is 18.5 Å². The molecule has 2 rings (SSSR count). The summed E-state index contributed by atoms with van der Waals surface area (Å²) in [5, 5.41) is 0. The van der Waals surface area contributed by atoms with Gasteiger partial charge in [0.25, 0.3) is 0 Å². The van der Waals surface area contributed by atoms with Gasteiger partial charge in [0.2, 0.25) is 0 Å². The SMILES string of the molecule is CC(Cc1ccccc1)[n+]1ccccc1. The van der Waals surface area contributed by atoms with Gasteiger partial charge in [0.05, 0.1) is 0 Å². The molecule has 1 aromatic heterocycles. The highest BCUT2D eigenvalue weighted by molar-refractivity contribution is 5.14. The fraction of sp³-hybridized carbons (Fsp3) is 0.214. The molecule has 1 heterocycles. The van der Waals surface area contributed by atoms with Crippen molar-refractivity contribution in [3.63, 3.8) is 0 Å². The molecule has 1 unspecified atom stereocenters. The summed E-state index contributed by atoms with van der Waals surface area (Å²) in [6.07, 6.45) is 5.32. The van der Waals surface area contributed by atoms with Gasteiger partial charge in [-0.3, -0.25) is 0 Å². The monoisotopic (exact) mass is 198 g/mol. The quantitative estimate of drug-likeness (QED) is 0.668. The highest BCUT2D eigenvalue weighted by Gasteiger charge is 2.11.